The summed E-state index contributed by atoms with van der Waals surface area (Å²) in [5.74, 6) is -2.20. The number of carbonyl (C=O) groups excluding carboxylic acids is 3. The summed E-state index contributed by atoms with van der Waals surface area (Å²) in [6, 6.07) is 7.73. The van der Waals surface area contributed by atoms with Gasteiger partial charge in [0.15, 0.2) is 0 Å². The van der Waals surface area contributed by atoms with Crippen molar-refractivity contribution in [2.75, 3.05) is 26.3 Å². The van der Waals surface area contributed by atoms with Crippen molar-refractivity contribution in [3.8, 4) is 11.5 Å². The van der Waals surface area contributed by atoms with Crippen LogP contribution in [0.25, 0.3) is 0 Å². The molecule has 3 amide bonds. The van der Waals surface area contributed by atoms with Gasteiger partial charge < -0.3 is 29.7 Å². The first-order chi connectivity index (χ1) is 20.5. The number of benzene rings is 1. The fourth-order valence-corrected chi connectivity index (χ4v) is 4.93. The lowest BCUT2D eigenvalue weighted by atomic mass is 10.1. The minimum Gasteiger partial charge on any atom is -0.494 e. The molecule has 0 spiro atoms. The van der Waals surface area contributed by atoms with Gasteiger partial charge in [0.1, 0.15) is 23.6 Å². The van der Waals surface area contributed by atoms with Crippen LogP contribution in [0.5, 0.6) is 11.5 Å². The molecule has 43 heavy (non-hydrogen) atoms. The van der Waals surface area contributed by atoms with Gasteiger partial charge >= 0.3 is 12.1 Å². The molecule has 0 bridgehead atoms. The molecule has 2 aliphatic heterocycles. The molecular weight excluding hydrogens is 573 g/mol. The van der Waals surface area contributed by atoms with Crippen LogP contribution in [0.4, 0.5) is 13.2 Å². The van der Waals surface area contributed by atoms with Crippen molar-refractivity contribution in [1.82, 2.24) is 20.1 Å². The summed E-state index contributed by atoms with van der Waals surface area (Å²) in [6.45, 7) is 6.07. The Hall–Kier alpha value is -4.36. The SMILES string of the molecule is CCOc1cc(OCC)cc(C(=O)N2CCC[C@@H]2C(=O)N2CCC[C@H]2C(=O)NCc2ccncc2)c1.O=C(O)C(F)(F)F. The lowest BCUT2D eigenvalue weighted by molar-refractivity contribution is -0.192. The van der Waals surface area contributed by atoms with Crippen molar-refractivity contribution in [3.63, 3.8) is 0 Å². The molecule has 2 atom stereocenters. The van der Waals surface area contributed by atoms with Gasteiger partial charge in [-0.2, -0.15) is 13.2 Å². The van der Waals surface area contributed by atoms with Crippen LogP contribution in [0.2, 0.25) is 0 Å². The molecule has 2 N–H and O–H groups in total. The summed E-state index contributed by atoms with van der Waals surface area (Å²) in [5, 5.41) is 10.1. The largest absolute Gasteiger partial charge is 0.494 e. The second-order valence-electron chi connectivity index (χ2n) is 9.78. The van der Waals surface area contributed by atoms with Crippen molar-refractivity contribution in [2.24, 2.45) is 0 Å². The monoisotopic (exact) mass is 608 g/mol. The molecular formula is C29H35F3N4O7. The van der Waals surface area contributed by atoms with Crippen molar-refractivity contribution in [2.45, 2.75) is 64.3 Å². The summed E-state index contributed by atoms with van der Waals surface area (Å²) in [6.07, 6.45) is 0.963. The minimum atomic E-state index is -5.08. The van der Waals surface area contributed by atoms with E-state index in [1.807, 2.05) is 26.0 Å². The quantitative estimate of drug-likeness (QED) is 0.442. The molecule has 0 saturated carbocycles. The zero-order valence-electron chi connectivity index (χ0n) is 23.9. The second-order valence-corrected chi connectivity index (χ2v) is 9.78. The normalized spacial score (nSPS) is 18.0. The second kappa shape index (κ2) is 15.2. The number of halogens is 3. The van der Waals surface area contributed by atoms with Gasteiger partial charge in [0, 0.05) is 43.7 Å². The third-order valence-electron chi connectivity index (χ3n) is 6.84. The van der Waals surface area contributed by atoms with Crippen LogP contribution in [-0.2, 0) is 20.9 Å². The third kappa shape index (κ3) is 9.06. The van der Waals surface area contributed by atoms with Crippen LogP contribution in [0, 0.1) is 0 Å². The maximum absolute atomic E-state index is 13.6. The first-order valence-corrected chi connectivity index (χ1v) is 13.9. The number of nitrogens with zero attached hydrogens (tertiary/aromatic N) is 3. The van der Waals surface area contributed by atoms with E-state index in [-0.39, 0.29) is 17.7 Å². The van der Waals surface area contributed by atoms with Gasteiger partial charge in [0.2, 0.25) is 11.8 Å². The van der Waals surface area contributed by atoms with E-state index >= 15 is 0 Å². The molecule has 0 radical (unpaired) electrons. The highest BCUT2D eigenvalue weighted by molar-refractivity contribution is 5.99. The molecule has 3 heterocycles. The summed E-state index contributed by atoms with van der Waals surface area (Å²) in [7, 11) is 0. The highest BCUT2D eigenvalue weighted by atomic mass is 19.4. The summed E-state index contributed by atoms with van der Waals surface area (Å²) in [4.78, 5) is 56.3. The molecule has 2 saturated heterocycles. The van der Waals surface area contributed by atoms with Crippen LogP contribution in [0.1, 0.15) is 55.5 Å². The number of carboxylic acid groups (broad SMARTS) is 1. The summed E-state index contributed by atoms with van der Waals surface area (Å²) >= 11 is 0. The minimum absolute atomic E-state index is 0.159. The van der Waals surface area contributed by atoms with E-state index in [0.717, 1.165) is 18.4 Å². The molecule has 1 aromatic carbocycles. The number of pyridine rings is 1. The van der Waals surface area contributed by atoms with Gasteiger partial charge in [0.25, 0.3) is 5.91 Å². The van der Waals surface area contributed by atoms with E-state index < -0.39 is 24.2 Å². The lowest BCUT2D eigenvalue weighted by Crippen LogP contribution is -2.52. The number of nitrogens with one attached hydrogen (secondary N) is 1. The Bertz CT molecular complexity index is 1250. The van der Waals surface area contributed by atoms with E-state index in [1.165, 1.54) is 0 Å². The molecule has 14 heteroatoms. The number of amides is 3. The Balaban J connectivity index is 0.000000646. The summed E-state index contributed by atoms with van der Waals surface area (Å²) in [5.41, 5.74) is 1.37. The first kappa shape index (κ1) is 33.1. The molecule has 4 rings (SSSR count). The van der Waals surface area contributed by atoms with E-state index in [4.69, 9.17) is 19.4 Å². The number of aliphatic carboxylic acids is 1. The first-order valence-electron chi connectivity index (χ1n) is 13.9. The molecule has 0 unspecified atom stereocenters. The number of likely N-dealkylation sites (tertiary alicyclic amines) is 2. The van der Waals surface area contributed by atoms with Gasteiger partial charge in [-0.1, -0.05) is 0 Å². The van der Waals surface area contributed by atoms with Gasteiger partial charge in [-0.05, 0) is 69.4 Å². The van der Waals surface area contributed by atoms with Crippen LogP contribution in [0.15, 0.2) is 42.7 Å². The highest BCUT2D eigenvalue weighted by Crippen LogP contribution is 2.29. The summed E-state index contributed by atoms with van der Waals surface area (Å²) < 4.78 is 43.0. The maximum atomic E-state index is 13.6. The Morgan fingerprint density at radius 2 is 1.47 bits per heavy atom. The lowest BCUT2D eigenvalue weighted by Gasteiger charge is -2.31. The van der Waals surface area contributed by atoms with Crippen molar-refractivity contribution in [3.05, 3.63) is 53.9 Å². The van der Waals surface area contributed by atoms with Crippen molar-refractivity contribution >= 4 is 23.7 Å². The zero-order chi connectivity index (χ0) is 31.6. The number of alkyl halides is 3. The van der Waals surface area contributed by atoms with E-state index in [0.29, 0.717) is 62.8 Å². The van der Waals surface area contributed by atoms with Gasteiger partial charge in [-0.15, -0.1) is 0 Å². The van der Waals surface area contributed by atoms with E-state index in [2.05, 4.69) is 10.3 Å². The Morgan fingerprint density at radius 1 is 0.930 bits per heavy atom. The van der Waals surface area contributed by atoms with Crippen molar-refractivity contribution < 1.29 is 46.9 Å². The predicted molar refractivity (Wildman–Crippen MR) is 147 cm³/mol. The average molecular weight is 609 g/mol. The number of hydrogen-bond donors (Lipinski definition) is 2. The number of carbonyl (C=O) groups is 4. The Morgan fingerprint density at radius 3 is 2.00 bits per heavy atom. The number of aromatic nitrogens is 1. The molecule has 11 nitrogen and oxygen atoms in total. The smallest absolute Gasteiger partial charge is 0.490 e. The number of carboxylic acids is 1. The van der Waals surface area contributed by atoms with E-state index in [9.17, 15) is 27.6 Å². The van der Waals surface area contributed by atoms with E-state index in [1.54, 1.807) is 40.4 Å². The molecule has 234 valence electrons. The predicted octanol–water partition coefficient (Wildman–Crippen LogP) is 3.42. The number of hydrogen-bond acceptors (Lipinski definition) is 7. The molecule has 1 aromatic heterocycles. The Labute approximate surface area is 247 Å². The van der Waals surface area contributed by atoms with Crippen LogP contribution in [-0.4, -0.2) is 88.1 Å². The zero-order valence-corrected chi connectivity index (χ0v) is 23.9. The van der Waals surface area contributed by atoms with Gasteiger partial charge in [-0.25, -0.2) is 4.79 Å². The fourth-order valence-electron chi connectivity index (χ4n) is 4.93. The number of rotatable bonds is 9. The fraction of sp³-hybridized carbons (Fsp3) is 0.483. The van der Waals surface area contributed by atoms with Crippen LogP contribution in [0.3, 0.4) is 0 Å². The Kier molecular flexibility index (Phi) is 11.7. The van der Waals surface area contributed by atoms with Gasteiger partial charge in [0.05, 0.1) is 13.2 Å². The molecule has 2 aliphatic rings. The highest BCUT2D eigenvalue weighted by Gasteiger charge is 2.42. The average Bonchev–Trinajstić information content (AvgIpc) is 3.66. The van der Waals surface area contributed by atoms with Gasteiger partial charge in [-0.3, -0.25) is 19.4 Å². The third-order valence-corrected chi connectivity index (χ3v) is 6.84. The topological polar surface area (TPSA) is 138 Å². The molecule has 0 aliphatic carbocycles. The molecule has 2 aromatic rings. The standard InChI is InChI=1S/C27H34N4O5.C2HF3O2/c1-3-35-21-15-20(16-22(17-21)36-4-2)26(33)31-14-6-8-24(31)27(34)30-13-5-7-23(30)25(32)29-18-19-9-11-28-12-10-19;3-2(4,5)1(6)7/h9-12,15-17,23-24H,3-8,13-14,18H2,1-2H3,(H,29,32);(H,6,7)/t23-,24+;/m0./s1. The van der Waals surface area contributed by atoms with Crippen molar-refractivity contribution in [1.29, 1.82) is 0 Å². The van der Waals surface area contributed by atoms with Crippen LogP contribution < -0.4 is 14.8 Å². The van der Waals surface area contributed by atoms with Crippen LogP contribution >= 0.6 is 0 Å². The number of ether oxygens (including phenoxy) is 2. The molecule has 2 fully saturated rings. The maximum Gasteiger partial charge on any atom is 0.490 e.